The molecule has 1 heterocycles. The molecule has 0 amide bonds. The minimum Gasteiger partial charge on any atom is -0.386 e. The minimum absolute atomic E-state index is 0.297. The maximum absolute atomic E-state index is 5.98. The first-order valence-corrected chi connectivity index (χ1v) is 4.87. The van der Waals surface area contributed by atoms with Gasteiger partial charge in [-0.25, -0.2) is 0 Å². The molecule has 15 heavy (non-hydrogen) atoms. The van der Waals surface area contributed by atoms with E-state index in [1.54, 1.807) is 6.07 Å². The molecule has 0 aliphatic rings. The van der Waals surface area contributed by atoms with Gasteiger partial charge in [-0.05, 0) is 11.6 Å². The van der Waals surface area contributed by atoms with E-state index >= 15 is 0 Å². The van der Waals surface area contributed by atoms with E-state index in [1.165, 1.54) is 0 Å². The second kappa shape index (κ2) is 4.46. The minimum atomic E-state index is 0.297. The molecule has 0 saturated carbocycles. The maximum atomic E-state index is 5.98. The second-order valence-corrected chi connectivity index (χ2v) is 3.53. The number of hydrogen-bond acceptors (Lipinski definition) is 3. The van der Waals surface area contributed by atoms with E-state index in [0.29, 0.717) is 22.5 Å². The normalized spacial score (nSPS) is 10.3. The summed E-state index contributed by atoms with van der Waals surface area (Å²) in [7, 11) is 0. The third kappa shape index (κ3) is 2.37. The fourth-order valence-electron chi connectivity index (χ4n) is 1.05. The predicted molar refractivity (Wildman–Crippen MR) is 57.4 cm³/mol. The molecule has 0 bridgehead atoms. The van der Waals surface area contributed by atoms with Crippen molar-refractivity contribution >= 4 is 29.2 Å². The summed E-state index contributed by atoms with van der Waals surface area (Å²) < 4.78 is 0. The summed E-state index contributed by atoms with van der Waals surface area (Å²) in [5.74, 6) is 0.297. The van der Waals surface area contributed by atoms with E-state index in [9.17, 15) is 0 Å². The number of H-pyrrole nitrogens is 1. The van der Waals surface area contributed by atoms with Crippen LogP contribution in [0.4, 0.5) is 5.95 Å². The number of halogens is 2. The van der Waals surface area contributed by atoms with Crippen LogP contribution in [0.15, 0.2) is 18.2 Å². The van der Waals surface area contributed by atoms with Crippen LogP contribution in [0.5, 0.6) is 0 Å². The number of nitrogens with one attached hydrogen (secondary N) is 1. The Kier molecular flexibility index (Phi) is 3.03. The number of rotatable bonds is 3. The monoisotopic (exact) mass is 242 g/mol. The van der Waals surface area contributed by atoms with Crippen molar-refractivity contribution in [2.24, 2.45) is 0 Å². The Morgan fingerprint density at radius 2 is 2.20 bits per heavy atom. The molecular weight excluding hydrogens is 237 g/mol. The number of hydrogen-bond donors (Lipinski definition) is 1. The third-order valence-corrected chi connectivity index (χ3v) is 2.61. The third-order valence-electron chi connectivity index (χ3n) is 1.76. The van der Waals surface area contributed by atoms with Crippen molar-refractivity contribution in [3.05, 3.63) is 39.1 Å². The molecule has 1 N–H and O–H groups in total. The molecule has 7 heteroatoms. The molecule has 0 aliphatic heterocycles. The predicted octanol–water partition coefficient (Wildman–Crippen LogP) is 2.71. The van der Waals surface area contributed by atoms with Gasteiger partial charge in [0.05, 0.1) is 16.0 Å². The van der Waals surface area contributed by atoms with Crippen LogP contribution in [0.2, 0.25) is 10.0 Å². The second-order valence-electron chi connectivity index (χ2n) is 2.74. The van der Waals surface area contributed by atoms with E-state index in [1.807, 2.05) is 12.1 Å². The Morgan fingerprint density at radius 1 is 1.33 bits per heavy atom. The largest absolute Gasteiger partial charge is 0.386 e. The first-order valence-electron chi connectivity index (χ1n) is 4.11. The Balaban J connectivity index is 2.08. The Bertz CT molecular complexity index is 442. The van der Waals surface area contributed by atoms with Gasteiger partial charge in [0.15, 0.2) is 0 Å². The molecule has 1 aromatic carbocycles. The average Bonchev–Trinajstić information content (AvgIpc) is 2.73. The van der Waals surface area contributed by atoms with Gasteiger partial charge >= 0.3 is 0 Å². The molecule has 0 spiro atoms. The summed E-state index contributed by atoms with van der Waals surface area (Å²) in [4.78, 5) is 0. The maximum Gasteiger partial charge on any atom is 0.0629 e. The number of benzene rings is 1. The van der Waals surface area contributed by atoms with Crippen molar-refractivity contribution in [1.29, 1.82) is 0 Å². The summed E-state index contributed by atoms with van der Waals surface area (Å²) in [6, 6.07) is 5.38. The first-order chi connectivity index (χ1) is 7.27. The molecular formula is C8H6Cl2N5-. The number of aromatic nitrogens is 4. The van der Waals surface area contributed by atoms with Gasteiger partial charge in [-0.15, -0.1) is 5.21 Å². The zero-order valence-electron chi connectivity index (χ0n) is 7.48. The van der Waals surface area contributed by atoms with Crippen LogP contribution in [0, 0.1) is 0 Å². The van der Waals surface area contributed by atoms with Crippen molar-refractivity contribution < 1.29 is 0 Å². The lowest BCUT2D eigenvalue weighted by Crippen LogP contribution is -1.85. The lowest BCUT2D eigenvalue weighted by molar-refractivity contribution is 0.881. The summed E-state index contributed by atoms with van der Waals surface area (Å²) in [5.41, 5.74) is 0.828. The van der Waals surface area contributed by atoms with E-state index < -0.39 is 0 Å². The molecule has 0 unspecified atom stereocenters. The van der Waals surface area contributed by atoms with Crippen molar-refractivity contribution in [2.75, 3.05) is 0 Å². The quantitative estimate of drug-likeness (QED) is 0.900. The lowest BCUT2D eigenvalue weighted by Gasteiger charge is -2.09. The smallest absolute Gasteiger partial charge is 0.0629 e. The van der Waals surface area contributed by atoms with Crippen LogP contribution >= 0.6 is 23.2 Å². The topological polar surface area (TPSA) is 68.6 Å². The van der Waals surface area contributed by atoms with Gasteiger partial charge in [0, 0.05) is 6.54 Å². The SMILES string of the molecule is Clc1cccc(C[N-]c2nn[nH]n2)c1Cl. The molecule has 2 rings (SSSR count). The molecule has 0 aliphatic carbocycles. The Labute approximate surface area is 95.8 Å². The highest BCUT2D eigenvalue weighted by Crippen LogP contribution is 2.27. The van der Waals surface area contributed by atoms with Crippen LogP contribution < -0.4 is 0 Å². The molecule has 0 saturated heterocycles. The van der Waals surface area contributed by atoms with Gasteiger partial charge in [-0.2, -0.15) is 0 Å². The molecule has 78 valence electrons. The first kappa shape index (κ1) is 10.2. The fraction of sp³-hybridized carbons (Fsp3) is 0.125. The van der Waals surface area contributed by atoms with Gasteiger partial charge in [0.2, 0.25) is 0 Å². The summed E-state index contributed by atoms with van der Waals surface area (Å²) in [6.45, 7) is 0.374. The highest BCUT2D eigenvalue weighted by Gasteiger charge is 2.02. The molecule has 0 atom stereocenters. The van der Waals surface area contributed by atoms with Gasteiger partial charge in [0.25, 0.3) is 0 Å². The van der Waals surface area contributed by atoms with E-state index in [2.05, 4.69) is 25.9 Å². The highest BCUT2D eigenvalue weighted by atomic mass is 35.5. The molecule has 2 aromatic rings. The van der Waals surface area contributed by atoms with Gasteiger partial charge in [-0.1, -0.05) is 35.3 Å². The van der Waals surface area contributed by atoms with Crippen LogP contribution in [-0.2, 0) is 6.54 Å². The summed E-state index contributed by atoms with van der Waals surface area (Å²) in [6.07, 6.45) is 0. The van der Waals surface area contributed by atoms with Crippen molar-refractivity contribution in [3.8, 4) is 0 Å². The molecule has 0 radical (unpaired) electrons. The zero-order chi connectivity index (χ0) is 10.7. The molecule has 5 nitrogen and oxygen atoms in total. The Hall–Kier alpha value is -1.33. The highest BCUT2D eigenvalue weighted by molar-refractivity contribution is 6.42. The number of tetrazole rings is 1. The van der Waals surface area contributed by atoms with Crippen molar-refractivity contribution in [1.82, 2.24) is 20.6 Å². The van der Waals surface area contributed by atoms with E-state index in [0.717, 1.165) is 5.56 Å². The van der Waals surface area contributed by atoms with E-state index in [-0.39, 0.29) is 0 Å². The van der Waals surface area contributed by atoms with Crippen LogP contribution in [0.3, 0.4) is 0 Å². The van der Waals surface area contributed by atoms with Crippen LogP contribution in [-0.4, -0.2) is 20.6 Å². The van der Waals surface area contributed by atoms with Crippen molar-refractivity contribution in [2.45, 2.75) is 6.54 Å². The Morgan fingerprint density at radius 3 is 2.93 bits per heavy atom. The van der Waals surface area contributed by atoms with Gasteiger partial charge in [-0.3, -0.25) is 15.4 Å². The summed E-state index contributed by atoms with van der Waals surface area (Å²) >= 11 is 11.8. The molecule has 0 fully saturated rings. The fourth-order valence-corrected chi connectivity index (χ4v) is 1.43. The number of aromatic amines is 1. The lowest BCUT2D eigenvalue weighted by atomic mass is 10.2. The standard InChI is InChI=1S/C8H6Cl2N5/c9-6-3-1-2-5(7(6)10)4-11-8-12-14-15-13-8/h1-3H,4H2,(H-,11,12,13,14,15)/q-1. The van der Waals surface area contributed by atoms with Gasteiger partial charge < -0.3 is 5.32 Å². The van der Waals surface area contributed by atoms with Gasteiger partial charge in [0.1, 0.15) is 0 Å². The zero-order valence-corrected chi connectivity index (χ0v) is 9.00. The molecule has 1 aromatic heterocycles. The van der Waals surface area contributed by atoms with E-state index in [4.69, 9.17) is 23.2 Å². The van der Waals surface area contributed by atoms with Crippen molar-refractivity contribution in [3.63, 3.8) is 0 Å². The van der Waals surface area contributed by atoms with Crippen LogP contribution in [0.1, 0.15) is 5.56 Å². The average molecular weight is 243 g/mol. The number of nitrogens with zero attached hydrogens (tertiary/aromatic N) is 4. The summed E-state index contributed by atoms with van der Waals surface area (Å²) in [5, 5.41) is 18.2. The van der Waals surface area contributed by atoms with Crippen LogP contribution in [0.25, 0.3) is 5.32 Å².